The van der Waals surface area contributed by atoms with Gasteiger partial charge in [0.15, 0.2) is 0 Å². The van der Waals surface area contributed by atoms with E-state index in [-0.39, 0.29) is 24.4 Å². The van der Waals surface area contributed by atoms with Crippen molar-refractivity contribution < 1.29 is 13.9 Å². The van der Waals surface area contributed by atoms with Gasteiger partial charge in [0, 0.05) is 32.3 Å². The first-order valence-electron chi connectivity index (χ1n) is 7.08. The van der Waals surface area contributed by atoms with Gasteiger partial charge in [-0.05, 0) is 13.1 Å². The third-order valence-corrected chi connectivity index (χ3v) is 3.68. The number of benzene rings is 1. The van der Waals surface area contributed by atoms with Crippen LogP contribution in [0.15, 0.2) is 24.3 Å². The minimum atomic E-state index is -0.380. The fourth-order valence-electron chi connectivity index (χ4n) is 2.41. The van der Waals surface area contributed by atoms with E-state index in [1.807, 2.05) is 7.05 Å². The Labute approximate surface area is 124 Å². The molecule has 1 aromatic carbocycles. The summed E-state index contributed by atoms with van der Waals surface area (Å²) in [6.45, 7) is 2.99. The summed E-state index contributed by atoms with van der Waals surface area (Å²) in [5.74, 6) is -0.286. The molecule has 1 aliphatic heterocycles. The van der Waals surface area contributed by atoms with E-state index in [1.165, 1.54) is 6.07 Å². The number of hydrogen-bond acceptors (Lipinski definition) is 4. The highest BCUT2D eigenvalue weighted by Gasteiger charge is 2.32. The first kappa shape index (κ1) is 15.9. The molecule has 6 heteroatoms. The molecule has 1 heterocycles. The summed E-state index contributed by atoms with van der Waals surface area (Å²) in [4.78, 5) is 15.8. The predicted molar refractivity (Wildman–Crippen MR) is 78.2 cm³/mol. The van der Waals surface area contributed by atoms with Crippen LogP contribution in [-0.2, 0) is 9.53 Å². The molecule has 1 amide bonds. The monoisotopic (exact) mass is 295 g/mol. The molecule has 5 nitrogen and oxygen atoms in total. The molecule has 21 heavy (non-hydrogen) atoms. The number of carbonyl (C=O) groups is 1. The number of nitrogens with zero attached hydrogens (tertiary/aromatic N) is 2. The van der Waals surface area contributed by atoms with Gasteiger partial charge < -0.3 is 14.5 Å². The van der Waals surface area contributed by atoms with Gasteiger partial charge in [-0.3, -0.25) is 10.1 Å². The molecular formula is C15H22FN3O2. The Bertz CT molecular complexity index is 484. The molecule has 0 aliphatic carbocycles. The Hall–Kier alpha value is -1.50. The Morgan fingerprint density at radius 2 is 2.19 bits per heavy atom. The van der Waals surface area contributed by atoms with Crippen molar-refractivity contribution in [2.45, 2.75) is 6.17 Å². The van der Waals surface area contributed by atoms with Crippen LogP contribution >= 0.6 is 0 Å². The van der Waals surface area contributed by atoms with Crippen LogP contribution < -0.4 is 5.32 Å². The van der Waals surface area contributed by atoms with Gasteiger partial charge in [0.05, 0.1) is 13.2 Å². The summed E-state index contributed by atoms with van der Waals surface area (Å²) in [6, 6.07) is 6.57. The van der Waals surface area contributed by atoms with E-state index >= 15 is 0 Å². The second-order valence-electron chi connectivity index (χ2n) is 5.19. The number of halogens is 1. The third kappa shape index (κ3) is 4.00. The molecule has 0 radical (unpaired) electrons. The van der Waals surface area contributed by atoms with Gasteiger partial charge in [-0.1, -0.05) is 18.2 Å². The van der Waals surface area contributed by atoms with E-state index in [2.05, 4.69) is 10.2 Å². The van der Waals surface area contributed by atoms with Crippen molar-refractivity contribution in [2.75, 3.05) is 46.9 Å². The van der Waals surface area contributed by atoms with Gasteiger partial charge in [0.1, 0.15) is 12.0 Å². The zero-order valence-corrected chi connectivity index (χ0v) is 12.5. The van der Waals surface area contributed by atoms with E-state index in [9.17, 15) is 9.18 Å². The van der Waals surface area contributed by atoms with Crippen LogP contribution in [-0.4, -0.2) is 62.7 Å². The highest BCUT2D eigenvalue weighted by molar-refractivity contribution is 5.81. The third-order valence-electron chi connectivity index (χ3n) is 3.68. The lowest BCUT2D eigenvalue weighted by molar-refractivity contribution is -0.128. The maximum atomic E-state index is 13.9. The Morgan fingerprint density at radius 1 is 1.43 bits per heavy atom. The van der Waals surface area contributed by atoms with Crippen molar-refractivity contribution in [3.63, 3.8) is 0 Å². The average molecular weight is 295 g/mol. The van der Waals surface area contributed by atoms with E-state index < -0.39 is 0 Å². The molecule has 0 saturated carbocycles. The topological polar surface area (TPSA) is 44.8 Å². The second kappa shape index (κ2) is 7.49. The predicted octanol–water partition coefficient (Wildman–Crippen LogP) is 0.834. The molecule has 1 N–H and O–H groups in total. The van der Waals surface area contributed by atoms with Crippen LogP contribution in [0.25, 0.3) is 0 Å². The molecular weight excluding hydrogens is 273 g/mol. The Morgan fingerprint density at radius 3 is 2.90 bits per heavy atom. The molecule has 0 bridgehead atoms. The minimum absolute atomic E-state index is 0.00314. The van der Waals surface area contributed by atoms with Crippen molar-refractivity contribution in [2.24, 2.45) is 0 Å². The number of likely N-dealkylation sites (N-methyl/N-ethyl adjacent to an activating group) is 1. The lowest BCUT2D eigenvalue weighted by Gasteiger charge is -2.27. The number of nitrogens with one attached hydrogen (secondary N) is 1. The summed E-state index contributed by atoms with van der Waals surface area (Å²) in [5, 5.41) is 3.07. The highest BCUT2D eigenvalue weighted by atomic mass is 19.1. The molecule has 0 spiro atoms. The molecule has 1 saturated heterocycles. The molecule has 0 aromatic heterocycles. The first-order chi connectivity index (χ1) is 10.1. The standard InChI is InChI=1S/C15H22FN3O2/c1-18(9-10-21-2)7-8-19-14(20)11-17-15(19)12-5-3-4-6-13(12)16/h3-6,15,17H,7-11H2,1-2H3. The van der Waals surface area contributed by atoms with Crippen molar-refractivity contribution >= 4 is 5.91 Å². The van der Waals surface area contributed by atoms with E-state index in [0.717, 1.165) is 13.1 Å². The average Bonchev–Trinajstić information content (AvgIpc) is 2.84. The zero-order valence-electron chi connectivity index (χ0n) is 12.5. The molecule has 1 atom stereocenters. The fraction of sp³-hybridized carbons (Fsp3) is 0.533. The largest absolute Gasteiger partial charge is 0.383 e. The van der Waals surface area contributed by atoms with Crippen LogP contribution in [0.1, 0.15) is 11.7 Å². The highest BCUT2D eigenvalue weighted by Crippen LogP contribution is 2.24. The van der Waals surface area contributed by atoms with E-state index in [0.29, 0.717) is 18.7 Å². The number of methoxy groups -OCH3 is 1. The molecule has 2 rings (SSSR count). The number of hydrogen-bond donors (Lipinski definition) is 1. The number of amides is 1. The smallest absolute Gasteiger partial charge is 0.238 e. The molecule has 1 fully saturated rings. The Balaban J connectivity index is 1.99. The molecule has 116 valence electrons. The normalized spacial score (nSPS) is 18.8. The van der Waals surface area contributed by atoms with Gasteiger partial charge in [0.25, 0.3) is 0 Å². The van der Waals surface area contributed by atoms with Crippen molar-refractivity contribution in [3.8, 4) is 0 Å². The molecule has 1 unspecified atom stereocenters. The van der Waals surface area contributed by atoms with Gasteiger partial charge in [-0.15, -0.1) is 0 Å². The van der Waals surface area contributed by atoms with Crippen LogP contribution in [0.3, 0.4) is 0 Å². The molecule has 1 aromatic rings. The van der Waals surface area contributed by atoms with Gasteiger partial charge in [-0.2, -0.15) is 0 Å². The van der Waals surface area contributed by atoms with Gasteiger partial charge in [-0.25, -0.2) is 4.39 Å². The summed E-state index contributed by atoms with van der Waals surface area (Å²) in [7, 11) is 3.64. The maximum absolute atomic E-state index is 13.9. The number of rotatable bonds is 7. The Kier molecular flexibility index (Phi) is 5.67. The van der Waals surface area contributed by atoms with Crippen LogP contribution in [0, 0.1) is 5.82 Å². The van der Waals surface area contributed by atoms with Crippen molar-refractivity contribution in [3.05, 3.63) is 35.6 Å². The van der Waals surface area contributed by atoms with Crippen LogP contribution in [0.5, 0.6) is 0 Å². The second-order valence-corrected chi connectivity index (χ2v) is 5.19. The van der Waals surface area contributed by atoms with Crippen molar-refractivity contribution in [1.29, 1.82) is 0 Å². The lowest BCUT2D eigenvalue weighted by Crippen LogP contribution is -2.38. The van der Waals surface area contributed by atoms with Gasteiger partial charge in [0.2, 0.25) is 5.91 Å². The zero-order chi connectivity index (χ0) is 15.2. The lowest BCUT2D eigenvalue weighted by atomic mass is 10.1. The SMILES string of the molecule is COCCN(C)CCN1C(=O)CNC1c1ccccc1F. The minimum Gasteiger partial charge on any atom is -0.383 e. The number of carbonyl (C=O) groups excluding carboxylic acids is 1. The first-order valence-corrected chi connectivity index (χ1v) is 7.08. The van der Waals surface area contributed by atoms with E-state index in [1.54, 1.807) is 30.2 Å². The van der Waals surface area contributed by atoms with Crippen LogP contribution in [0.2, 0.25) is 0 Å². The quantitative estimate of drug-likeness (QED) is 0.809. The summed E-state index contributed by atoms with van der Waals surface area (Å²) in [6.07, 6.45) is -0.380. The van der Waals surface area contributed by atoms with Crippen molar-refractivity contribution in [1.82, 2.24) is 15.1 Å². The molecule has 1 aliphatic rings. The van der Waals surface area contributed by atoms with E-state index in [4.69, 9.17) is 4.74 Å². The van der Waals surface area contributed by atoms with Gasteiger partial charge >= 0.3 is 0 Å². The summed E-state index contributed by atoms with van der Waals surface area (Å²) < 4.78 is 18.9. The van der Waals surface area contributed by atoms with Crippen LogP contribution in [0.4, 0.5) is 4.39 Å². The summed E-state index contributed by atoms with van der Waals surface area (Å²) >= 11 is 0. The maximum Gasteiger partial charge on any atom is 0.238 e. The summed E-state index contributed by atoms with van der Waals surface area (Å²) in [5.41, 5.74) is 0.517. The fourth-order valence-corrected chi connectivity index (χ4v) is 2.41. The number of ether oxygens (including phenoxy) is 1.